The van der Waals surface area contributed by atoms with Crippen molar-refractivity contribution in [1.82, 2.24) is 15.0 Å². The van der Waals surface area contributed by atoms with Crippen LogP contribution in [0, 0.1) is 13.8 Å². The monoisotopic (exact) mass is 285 g/mol. The summed E-state index contributed by atoms with van der Waals surface area (Å²) >= 11 is 0. The summed E-state index contributed by atoms with van der Waals surface area (Å²) < 4.78 is 0. The minimum atomic E-state index is 0.791. The van der Waals surface area contributed by atoms with Gasteiger partial charge < -0.3 is 10.2 Å². The van der Waals surface area contributed by atoms with Crippen LogP contribution >= 0.6 is 0 Å². The van der Waals surface area contributed by atoms with Gasteiger partial charge in [0.2, 0.25) is 0 Å². The highest BCUT2D eigenvalue weighted by molar-refractivity contribution is 5.58. The molecular weight excluding hydrogens is 262 g/mol. The molecule has 112 valence electrons. The van der Waals surface area contributed by atoms with Crippen molar-refractivity contribution in [2.75, 3.05) is 23.3 Å². The average molecular weight is 285 g/mol. The van der Waals surface area contributed by atoms with Crippen molar-refractivity contribution >= 4 is 11.6 Å². The van der Waals surface area contributed by atoms with Crippen LogP contribution in [0.1, 0.15) is 30.8 Å². The molecule has 1 N–H and O–H groups in total. The number of aromatic nitrogens is 3. The van der Waals surface area contributed by atoms with Crippen LogP contribution in [0.3, 0.4) is 0 Å². The number of pyridine rings is 1. The molecule has 2 heterocycles. The van der Waals surface area contributed by atoms with Crippen molar-refractivity contribution < 1.29 is 0 Å². The van der Waals surface area contributed by atoms with Gasteiger partial charge in [-0.1, -0.05) is 0 Å². The molecule has 0 aliphatic heterocycles. The molecule has 2 rings (SSSR count). The molecule has 0 amide bonds. The van der Waals surface area contributed by atoms with Crippen molar-refractivity contribution in [3.05, 3.63) is 41.5 Å². The Labute approximate surface area is 126 Å². The van der Waals surface area contributed by atoms with Gasteiger partial charge in [-0.3, -0.25) is 4.98 Å². The Hall–Kier alpha value is -2.17. The standard InChI is InChI=1S/C16H23N5/c1-5-18-15-12(3)16(20-13(4)19-15)21(6-2)11-14-7-9-17-10-8-14/h7-10H,5-6,11H2,1-4H3,(H,18,19,20). The van der Waals surface area contributed by atoms with Crippen LogP contribution in [-0.2, 0) is 6.54 Å². The van der Waals surface area contributed by atoms with E-state index in [1.54, 1.807) is 0 Å². The number of nitrogens with zero attached hydrogens (tertiary/aromatic N) is 4. The Morgan fingerprint density at radius 1 is 1.10 bits per heavy atom. The Morgan fingerprint density at radius 2 is 1.81 bits per heavy atom. The van der Waals surface area contributed by atoms with Gasteiger partial charge in [0, 0.05) is 37.6 Å². The number of nitrogens with one attached hydrogen (secondary N) is 1. The molecule has 0 aliphatic carbocycles. The predicted octanol–water partition coefficient (Wildman–Crippen LogP) is 2.95. The van der Waals surface area contributed by atoms with E-state index >= 15 is 0 Å². The van der Waals surface area contributed by atoms with Crippen LogP contribution in [-0.4, -0.2) is 28.0 Å². The first-order valence-corrected chi connectivity index (χ1v) is 7.38. The predicted molar refractivity (Wildman–Crippen MR) is 86.6 cm³/mol. The largest absolute Gasteiger partial charge is 0.370 e. The maximum atomic E-state index is 4.64. The Balaban J connectivity index is 2.33. The number of anilines is 2. The SMILES string of the molecule is CCNc1nc(C)nc(N(CC)Cc2ccncc2)c1C. The average Bonchev–Trinajstić information content (AvgIpc) is 2.49. The maximum absolute atomic E-state index is 4.64. The first-order chi connectivity index (χ1) is 10.2. The molecular formula is C16H23N5. The van der Waals surface area contributed by atoms with E-state index in [0.29, 0.717) is 0 Å². The number of hydrogen-bond donors (Lipinski definition) is 1. The summed E-state index contributed by atoms with van der Waals surface area (Å²) in [7, 11) is 0. The highest BCUT2D eigenvalue weighted by atomic mass is 15.2. The fourth-order valence-electron chi connectivity index (χ4n) is 2.31. The second-order valence-electron chi connectivity index (χ2n) is 4.97. The van der Waals surface area contributed by atoms with Crippen molar-refractivity contribution in [3.8, 4) is 0 Å². The molecule has 5 nitrogen and oxygen atoms in total. The normalized spacial score (nSPS) is 10.5. The van der Waals surface area contributed by atoms with Gasteiger partial charge in [0.15, 0.2) is 0 Å². The third-order valence-electron chi connectivity index (χ3n) is 3.38. The Kier molecular flexibility index (Phi) is 5.09. The van der Waals surface area contributed by atoms with E-state index in [1.165, 1.54) is 5.56 Å². The van der Waals surface area contributed by atoms with Gasteiger partial charge in [0.05, 0.1) is 0 Å². The summed E-state index contributed by atoms with van der Waals surface area (Å²) in [5.41, 5.74) is 2.32. The molecule has 0 spiro atoms. The minimum Gasteiger partial charge on any atom is -0.370 e. The highest BCUT2D eigenvalue weighted by Crippen LogP contribution is 2.24. The van der Waals surface area contributed by atoms with Gasteiger partial charge >= 0.3 is 0 Å². The highest BCUT2D eigenvalue weighted by Gasteiger charge is 2.14. The van der Waals surface area contributed by atoms with E-state index in [9.17, 15) is 0 Å². The first-order valence-electron chi connectivity index (χ1n) is 7.38. The zero-order valence-corrected chi connectivity index (χ0v) is 13.2. The smallest absolute Gasteiger partial charge is 0.137 e. The van der Waals surface area contributed by atoms with E-state index < -0.39 is 0 Å². The molecule has 2 aromatic rings. The lowest BCUT2D eigenvalue weighted by atomic mass is 10.2. The third-order valence-corrected chi connectivity index (χ3v) is 3.38. The first kappa shape index (κ1) is 15.2. The molecule has 21 heavy (non-hydrogen) atoms. The van der Waals surface area contributed by atoms with Crippen molar-refractivity contribution in [3.63, 3.8) is 0 Å². The number of hydrogen-bond acceptors (Lipinski definition) is 5. The molecule has 0 aliphatic rings. The van der Waals surface area contributed by atoms with Crippen molar-refractivity contribution in [1.29, 1.82) is 0 Å². The van der Waals surface area contributed by atoms with Gasteiger partial charge in [-0.25, -0.2) is 9.97 Å². The fourth-order valence-corrected chi connectivity index (χ4v) is 2.31. The van der Waals surface area contributed by atoms with Crippen LogP contribution in [0.5, 0.6) is 0 Å². The van der Waals surface area contributed by atoms with Crippen LogP contribution in [0.25, 0.3) is 0 Å². The zero-order valence-electron chi connectivity index (χ0n) is 13.2. The molecule has 2 aromatic heterocycles. The number of rotatable bonds is 6. The summed E-state index contributed by atoms with van der Waals surface area (Å²) in [6.45, 7) is 10.8. The second-order valence-corrected chi connectivity index (χ2v) is 4.97. The van der Waals surface area contributed by atoms with Gasteiger partial charge in [-0.05, 0) is 45.4 Å². The van der Waals surface area contributed by atoms with Gasteiger partial charge in [0.25, 0.3) is 0 Å². The summed E-state index contributed by atoms with van der Waals surface area (Å²) in [6, 6.07) is 4.08. The van der Waals surface area contributed by atoms with E-state index in [2.05, 4.69) is 45.9 Å². The van der Waals surface area contributed by atoms with Gasteiger partial charge in [-0.2, -0.15) is 0 Å². The van der Waals surface area contributed by atoms with Gasteiger partial charge in [0.1, 0.15) is 17.5 Å². The molecule has 0 atom stereocenters. The second kappa shape index (κ2) is 7.02. The summed E-state index contributed by atoms with van der Waals surface area (Å²) in [4.78, 5) is 15.5. The molecule has 0 saturated carbocycles. The summed E-state index contributed by atoms with van der Waals surface area (Å²) in [5, 5.41) is 3.31. The minimum absolute atomic E-state index is 0.791. The molecule has 0 unspecified atom stereocenters. The van der Waals surface area contributed by atoms with Crippen molar-refractivity contribution in [2.24, 2.45) is 0 Å². The van der Waals surface area contributed by atoms with Crippen LogP contribution in [0.15, 0.2) is 24.5 Å². The summed E-state index contributed by atoms with van der Waals surface area (Å²) in [6.07, 6.45) is 3.65. The molecule has 0 fully saturated rings. The fraction of sp³-hybridized carbons (Fsp3) is 0.438. The Bertz CT molecular complexity index is 583. The molecule has 0 saturated heterocycles. The van der Waals surface area contributed by atoms with Crippen LogP contribution in [0.4, 0.5) is 11.6 Å². The molecule has 0 aromatic carbocycles. The van der Waals surface area contributed by atoms with Gasteiger partial charge in [-0.15, -0.1) is 0 Å². The molecule has 0 radical (unpaired) electrons. The lowest BCUT2D eigenvalue weighted by molar-refractivity contribution is 0.797. The quantitative estimate of drug-likeness (QED) is 0.884. The Morgan fingerprint density at radius 3 is 2.43 bits per heavy atom. The third kappa shape index (κ3) is 3.68. The van der Waals surface area contributed by atoms with Crippen LogP contribution in [0.2, 0.25) is 0 Å². The van der Waals surface area contributed by atoms with Crippen molar-refractivity contribution in [2.45, 2.75) is 34.2 Å². The number of aryl methyl sites for hydroxylation is 1. The van der Waals surface area contributed by atoms with Crippen LogP contribution < -0.4 is 10.2 Å². The lowest BCUT2D eigenvalue weighted by Gasteiger charge is -2.25. The van der Waals surface area contributed by atoms with E-state index in [0.717, 1.165) is 42.7 Å². The topological polar surface area (TPSA) is 53.9 Å². The molecule has 5 heteroatoms. The van der Waals surface area contributed by atoms with E-state index in [-0.39, 0.29) is 0 Å². The van der Waals surface area contributed by atoms with E-state index in [4.69, 9.17) is 0 Å². The molecule has 0 bridgehead atoms. The van der Waals surface area contributed by atoms with E-state index in [1.807, 2.05) is 31.5 Å². The summed E-state index contributed by atoms with van der Waals surface area (Å²) in [5.74, 6) is 2.71. The zero-order chi connectivity index (χ0) is 15.2. The maximum Gasteiger partial charge on any atom is 0.137 e. The lowest BCUT2D eigenvalue weighted by Crippen LogP contribution is -2.25.